The number of pyridine rings is 1. The van der Waals surface area contributed by atoms with Gasteiger partial charge in [-0.2, -0.15) is 0 Å². The second-order valence-electron chi connectivity index (χ2n) is 9.16. The average molecular weight is 338 g/mol. The summed E-state index contributed by atoms with van der Waals surface area (Å²) >= 11 is 0. The van der Waals surface area contributed by atoms with Gasteiger partial charge in [-0.25, -0.2) is 4.79 Å². The van der Waals surface area contributed by atoms with Crippen molar-refractivity contribution in [2.45, 2.75) is 53.0 Å². The van der Waals surface area contributed by atoms with Gasteiger partial charge in [0.1, 0.15) is 0 Å². The van der Waals surface area contributed by atoms with Gasteiger partial charge < -0.3 is 10.0 Å². The van der Waals surface area contributed by atoms with E-state index in [1.807, 2.05) is 13.0 Å². The van der Waals surface area contributed by atoms with Gasteiger partial charge in [0, 0.05) is 29.4 Å². The molecule has 1 saturated carbocycles. The summed E-state index contributed by atoms with van der Waals surface area (Å²) in [7, 11) is 0. The fourth-order valence-electron chi connectivity index (χ4n) is 5.45. The number of nitrogens with zero attached hydrogens (tertiary/aromatic N) is 2. The van der Waals surface area contributed by atoms with Crippen LogP contribution in [0.2, 0.25) is 0 Å². The number of benzene rings is 1. The maximum Gasteiger partial charge on any atom is 0.335 e. The van der Waals surface area contributed by atoms with Crippen LogP contribution in [0.5, 0.6) is 0 Å². The van der Waals surface area contributed by atoms with E-state index in [1.165, 1.54) is 24.9 Å². The van der Waals surface area contributed by atoms with Gasteiger partial charge in [-0.3, -0.25) is 4.98 Å². The third-order valence-electron chi connectivity index (χ3n) is 5.89. The van der Waals surface area contributed by atoms with E-state index in [0.717, 1.165) is 23.1 Å². The fourth-order valence-corrected chi connectivity index (χ4v) is 5.45. The summed E-state index contributed by atoms with van der Waals surface area (Å²) in [6, 6.07) is 8.04. The van der Waals surface area contributed by atoms with Gasteiger partial charge in [-0.1, -0.05) is 20.8 Å². The average Bonchev–Trinajstić information content (AvgIpc) is 2.74. The van der Waals surface area contributed by atoms with E-state index in [1.54, 1.807) is 12.1 Å². The third-order valence-corrected chi connectivity index (χ3v) is 5.89. The molecule has 4 rings (SSSR count). The minimum atomic E-state index is -0.905. The van der Waals surface area contributed by atoms with Crippen molar-refractivity contribution in [3.8, 4) is 0 Å². The van der Waals surface area contributed by atoms with Gasteiger partial charge in [0.05, 0.1) is 11.1 Å². The topological polar surface area (TPSA) is 53.4 Å². The molecule has 1 aromatic heterocycles. The fraction of sp³-hybridized carbons (Fsp3) is 0.524. The summed E-state index contributed by atoms with van der Waals surface area (Å²) in [5.41, 5.74) is 3.96. The minimum absolute atomic E-state index is 0.296. The van der Waals surface area contributed by atoms with Gasteiger partial charge in [-0.05, 0) is 61.3 Å². The van der Waals surface area contributed by atoms with Crippen molar-refractivity contribution in [1.29, 1.82) is 0 Å². The lowest BCUT2D eigenvalue weighted by Crippen LogP contribution is -2.34. The Balaban J connectivity index is 1.83. The largest absolute Gasteiger partial charge is 0.478 e. The molecule has 25 heavy (non-hydrogen) atoms. The van der Waals surface area contributed by atoms with E-state index < -0.39 is 5.97 Å². The van der Waals surface area contributed by atoms with Gasteiger partial charge in [-0.15, -0.1) is 0 Å². The molecule has 1 saturated heterocycles. The molecule has 4 nitrogen and oxygen atoms in total. The zero-order valence-corrected chi connectivity index (χ0v) is 15.5. The molecule has 2 aliphatic rings. The number of anilines is 1. The Morgan fingerprint density at radius 2 is 2.00 bits per heavy atom. The van der Waals surface area contributed by atoms with Crippen molar-refractivity contribution in [1.82, 2.24) is 4.98 Å². The van der Waals surface area contributed by atoms with Gasteiger partial charge in [0.2, 0.25) is 0 Å². The number of aromatic nitrogens is 1. The Morgan fingerprint density at radius 3 is 2.72 bits per heavy atom. The lowest BCUT2D eigenvalue weighted by atomic mass is 9.65. The standard InChI is InChI=1S/C21H26N2O2/c1-13-7-18(16-6-5-14(19(24)25)8-17(16)22-13)23-12-21(4)10-15(23)9-20(2,3)11-21/h5-8,15H,9-12H2,1-4H3,(H,24,25)/t15-,21-/m0/s1. The molecule has 1 aliphatic carbocycles. The Hall–Kier alpha value is -2.10. The van der Waals surface area contributed by atoms with Crippen LogP contribution in [0, 0.1) is 17.8 Å². The molecule has 0 radical (unpaired) electrons. The van der Waals surface area contributed by atoms with E-state index >= 15 is 0 Å². The maximum absolute atomic E-state index is 11.3. The molecule has 2 heterocycles. The van der Waals surface area contributed by atoms with Crippen LogP contribution in [0.4, 0.5) is 5.69 Å². The van der Waals surface area contributed by atoms with Crippen molar-refractivity contribution < 1.29 is 9.90 Å². The zero-order chi connectivity index (χ0) is 18.0. The number of hydrogen-bond acceptors (Lipinski definition) is 3. The number of rotatable bonds is 2. The van der Waals surface area contributed by atoms with Crippen LogP contribution in [0.15, 0.2) is 24.3 Å². The molecule has 0 amide bonds. The lowest BCUT2D eigenvalue weighted by Gasteiger charge is -2.39. The zero-order valence-electron chi connectivity index (χ0n) is 15.5. The highest BCUT2D eigenvalue weighted by Gasteiger charge is 2.49. The molecule has 2 fully saturated rings. The highest BCUT2D eigenvalue weighted by atomic mass is 16.4. The minimum Gasteiger partial charge on any atom is -0.478 e. The Labute approximate surface area is 148 Å². The molecule has 1 aromatic carbocycles. The normalized spacial score (nSPS) is 27.7. The second kappa shape index (κ2) is 5.20. The Bertz CT molecular complexity index is 874. The van der Waals surface area contributed by atoms with Gasteiger partial charge >= 0.3 is 5.97 Å². The highest BCUT2D eigenvalue weighted by Crippen LogP contribution is 2.54. The summed E-state index contributed by atoms with van der Waals surface area (Å²) in [6.07, 6.45) is 3.71. The predicted octanol–water partition coefficient (Wildman–Crippen LogP) is 4.65. The number of hydrogen-bond donors (Lipinski definition) is 1. The van der Waals surface area contributed by atoms with E-state index in [2.05, 4.69) is 36.7 Å². The van der Waals surface area contributed by atoms with Crippen molar-refractivity contribution >= 4 is 22.6 Å². The molecule has 1 N–H and O–H groups in total. The molecule has 2 aromatic rings. The lowest BCUT2D eigenvalue weighted by molar-refractivity contribution is 0.0697. The van der Waals surface area contributed by atoms with Crippen LogP contribution in [0.1, 0.15) is 56.1 Å². The van der Waals surface area contributed by atoms with Gasteiger partial charge in [0.15, 0.2) is 0 Å². The summed E-state index contributed by atoms with van der Waals surface area (Å²) < 4.78 is 0. The highest BCUT2D eigenvalue weighted by molar-refractivity contribution is 5.98. The summed E-state index contributed by atoms with van der Waals surface area (Å²) in [6.45, 7) is 10.2. The number of aryl methyl sites for hydroxylation is 1. The SMILES string of the molecule is Cc1cc(N2C[C@@]3(C)C[C@@H]2CC(C)(C)C3)c2ccc(C(=O)O)cc2n1. The van der Waals surface area contributed by atoms with Crippen molar-refractivity contribution in [3.63, 3.8) is 0 Å². The van der Waals surface area contributed by atoms with Crippen LogP contribution in [-0.4, -0.2) is 28.6 Å². The predicted molar refractivity (Wildman–Crippen MR) is 100 cm³/mol. The summed E-state index contributed by atoms with van der Waals surface area (Å²) in [5.74, 6) is -0.905. The number of carboxylic acid groups (broad SMARTS) is 1. The van der Waals surface area contributed by atoms with Crippen molar-refractivity contribution in [3.05, 3.63) is 35.5 Å². The van der Waals surface area contributed by atoms with E-state index in [4.69, 9.17) is 0 Å². The van der Waals surface area contributed by atoms with E-state index in [-0.39, 0.29) is 0 Å². The number of carbonyl (C=O) groups is 1. The van der Waals surface area contributed by atoms with Gasteiger partial charge in [0.25, 0.3) is 0 Å². The van der Waals surface area contributed by atoms with Crippen LogP contribution in [0.25, 0.3) is 10.9 Å². The van der Waals surface area contributed by atoms with Crippen LogP contribution < -0.4 is 4.90 Å². The van der Waals surface area contributed by atoms with Crippen molar-refractivity contribution in [2.24, 2.45) is 10.8 Å². The number of fused-ring (bicyclic) bond motifs is 3. The number of carboxylic acids is 1. The van der Waals surface area contributed by atoms with Crippen molar-refractivity contribution in [2.75, 3.05) is 11.4 Å². The Morgan fingerprint density at radius 1 is 1.24 bits per heavy atom. The monoisotopic (exact) mass is 338 g/mol. The first-order valence-corrected chi connectivity index (χ1v) is 9.07. The smallest absolute Gasteiger partial charge is 0.335 e. The van der Waals surface area contributed by atoms with Crippen LogP contribution in [0.3, 0.4) is 0 Å². The molecule has 0 unspecified atom stereocenters. The molecule has 0 spiro atoms. The molecular formula is C21H26N2O2. The van der Waals surface area contributed by atoms with E-state index in [9.17, 15) is 9.90 Å². The van der Waals surface area contributed by atoms with Crippen LogP contribution in [-0.2, 0) is 0 Å². The number of aromatic carboxylic acids is 1. The molecule has 132 valence electrons. The van der Waals surface area contributed by atoms with E-state index in [0.29, 0.717) is 22.4 Å². The first-order chi connectivity index (χ1) is 11.7. The first-order valence-electron chi connectivity index (χ1n) is 9.07. The first kappa shape index (κ1) is 16.4. The van der Waals surface area contributed by atoms with Crippen LogP contribution >= 0.6 is 0 Å². The molecular weight excluding hydrogens is 312 g/mol. The quantitative estimate of drug-likeness (QED) is 0.866. The molecule has 1 aliphatic heterocycles. The molecule has 4 heteroatoms. The third kappa shape index (κ3) is 2.78. The summed E-state index contributed by atoms with van der Waals surface area (Å²) in [5, 5.41) is 10.3. The second-order valence-corrected chi connectivity index (χ2v) is 9.16. The molecule has 2 bridgehead atoms. The Kier molecular flexibility index (Phi) is 3.40. The molecule has 2 atom stereocenters. The summed E-state index contributed by atoms with van der Waals surface area (Å²) in [4.78, 5) is 18.4. The maximum atomic E-state index is 11.3.